The maximum Gasteiger partial charge on any atom is 0.138 e. The van der Waals surface area contributed by atoms with Gasteiger partial charge in [0.05, 0.1) is 0 Å². The average Bonchev–Trinajstić information content (AvgIpc) is 1.54. The van der Waals surface area contributed by atoms with Gasteiger partial charge in [0.15, 0.2) is 0 Å². The molecule has 0 fully saturated rings. The van der Waals surface area contributed by atoms with Crippen molar-refractivity contribution in [3.63, 3.8) is 0 Å². The van der Waals surface area contributed by atoms with E-state index in [-0.39, 0.29) is 0 Å². The first-order valence-corrected chi connectivity index (χ1v) is 40.9. The second kappa shape index (κ2) is 32.3. The van der Waals surface area contributed by atoms with Crippen molar-refractivity contribution >= 4 is 173 Å². The van der Waals surface area contributed by atoms with E-state index in [1.165, 1.54) is 167 Å². The molecule has 7 heteroatoms. The predicted molar refractivity (Wildman–Crippen MR) is 497 cm³/mol. The third-order valence-corrected chi connectivity index (χ3v) is 24.1. The number of thiophene rings is 2. The number of fused-ring (bicyclic) bond motifs is 21. The summed E-state index contributed by atoms with van der Waals surface area (Å²) >= 11 is 3.76. The molecule has 0 aliphatic carbocycles. The number of para-hydroxylation sites is 6. The monoisotopic (exact) mass is 1530 g/mol. The van der Waals surface area contributed by atoms with Gasteiger partial charge in [0.25, 0.3) is 0 Å². The summed E-state index contributed by atoms with van der Waals surface area (Å²) in [6.45, 7) is 14.9. The maximum atomic E-state index is 5.87. The summed E-state index contributed by atoms with van der Waals surface area (Å²) in [5.41, 5.74) is 26.1. The van der Waals surface area contributed by atoms with E-state index in [2.05, 4.69) is 340 Å². The molecule has 0 unspecified atom stereocenters. The van der Waals surface area contributed by atoms with Crippen molar-refractivity contribution in [2.24, 2.45) is 0 Å². The third-order valence-electron chi connectivity index (χ3n) is 21.6. The fraction of sp³-hybridized carbons (Fsp3) is 0.0642. The van der Waals surface area contributed by atoms with Crippen molar-refractivity contribution in [1.29, 1.82) is 0 Å². The highest BCUT2D eigenvalue weighted by Crippen LogP contribution is 2.40. The molecule has 0 radical (unpaired) electrons. The molecule has 0 saturated heterocycles. The van der Waals surface area contributed by atoms with Gasteiger partial charge < -0.3 is 22.1 Å². The van der Waals surface area contributed by atoms with Gasteiger partial charge in [0.2, 0.25) is 0 Å². The standard InChI is InChI=1S/3C19H14O.2C13H10O.2C13H10S/c1-13-5-4-6-14(11-13)15-9-10-19-17(12-15)16-7-2-3-8-18(16)20-19;1-13-6-2-3-7-15(13)14-10-11-19-17(12-14)16-8-4-5-9-18(16)20-19;1-13-6-8-14(9-7-13)15-10-11-19-17(12-15)16-4-2-3-5-18(16)20-19;1-9-5-4-7-11-10-6-2-3-8-12(10)14-13(9)11;1-9-6-7-13-11(8-9)10-4-2-3-5-12(10)14-13;1-9-5-4-7-11-10-6-2-3-8-12(10)14-13(9)11;1-9-6-7-13-11(8-9)10-4-2-3-5-12(10)14-13/h3*2-12H,1H3;4*2-8H,1H3. The van der Waals surface area contributed by atoms with E-state index in [1.807, 2.05) is 102 Å². The average molecular weight is 1540 g/mol. The Labute approximate surface area is 680 Å². The van der Waals surface area contributed by atoms with Crippen molar-refractivity contribution in [1.82, 2.24) is 0 Å². The molecule has 0 aliphatic rings. The van der Waals surface area contributed by atoms with E-state index in [0.717, 1.165) is 55.8 Å². The fourth-order valence-electron chi connectivity index (χ4n) is 15.6. The molecule has 24 aromatic rings. The van der Waals surface area contributed by atoms with Crippen LogP contribution >= 0.6 is 22.7 Å². The summed E-state index contributed by atoms with van der Waals surface area (Å²) < 4.78 is 34.7. The molecule has 24 rings (SSSR count). The number of aryl methyl sites for hydroxylation is 7. The van der Waals surface area contributed by atoms with Crippen molar-refractivity contribution in [3.8, 4) is 33.4 Å². The first-order valence-electron chi connectivity index (χ1n) is 39.3. The van der Waals surface area contributed by atoms with Crippen LogP contribution in [0.3, 0.4) is 0 Å². The molecule has 0 aliphatic heterocycles. The Morgan fingerprint density at radius 2 is 0.509 bits per heavy atom. The molecule has 0 bridgehead atoms. The lowest BCUT2D eigenvalue weighted by atomic mass is 9.99. The summed E-state index contributed by atoms with van der Waals surface area (Å²) in [6.07, 6.45) is 0. The van der Waals surface area contributed by atoms with E-state index >= 15 is 0 Å². The Balaban J connectivity index is 0.0000000942. The third kappa shape index (κ3) is 15.1. The van der Waals surface area contributed by atoms with E-state index in [4.69, 9.17) is 22.1 Å². The molecule has 0 amide bonds. The van der Waals surface area contributed by atoms with E-state index in [1.54, 1.807) is 0 Å². The van der Waals surface area contributed by atoms with Gasteiger partial charge in [-0.25, -0.2) is 0 Å². The molecule has 0 atom stereocenters. The Morgan fingerprint density at radius 1 is 0.172 bits per heavy atom. The molecule has 5 nitrogen and oxygen atoms in total. The predicted octanol–water partition coefficient (Wildman–Crippen LogP) is 33.2. The Kier molecular flexibility index (Phi) is 20.5. The number of hydrogen-bond acceptors (Lipinski definition) is 7. The van der Waals surface area contributed by atoms with Crippen LogP contribution in [0.5, 0.6) is 0 Å². The summed E-state index contributed by atoms with van der Waals surface area (Å²) in [4.78, 5) is 0. The Bertz CT molecular complexity index is 7450. The van der Waals surface area contributed by atoms with Crippen LogP contribution in [0.4, 0.5) is 0 Å². The van der Waals surface area contributed by atoms with Gasteiger partial charge in [-0.1, -0.05) is 289 Å². The normalized spacial score (nSPS) is 11.2. The first kappa shape index (κ1) is 73.6. The van der Waals surface area contributed by atoms with Crippen LogP contribution in [0, 0.1) is 48.5 Å². The van der Waals surface area contributed by atoms with Crippen molar-refractivity contribution in [2.45, 2.75) is 48.5 Å². The van der Waals surface area contributed by atoms with Crippen LogP contribution in [0.25, 0.3) is 183 Å². The number of hydrogen-bond donors (Lipinski definition) is 0. The fourth-order valence-corrected chi connectivity index (χ4v) is 17.9. The molecule has 17 aromatic carbocycles. The van der Waals surface area contributed by atoms with Gasteiger partial charge in [-0.2, -0.15) is 0 Å². The van der Waals surface area contributed by atoms with Crippen molar-refractivity contribution < 1.29 is 22.1 Å². The minimum absolute atomic E-state index is 0.946. The van der Waals surface area contributed by atoms with Gasteiger partial charge in [-0.3, -0.25) is 0 Å². The van der Waals surface area contributed by atoms with Crippen molar-refractivity contribution in [3.05, 3.63) is 409 Å². The highest BCUT2D eigenvalue weighted by Gasteiger charge is 2.14. The summed E-state index contributed by atoms with van der Waals surface area (Å²) in [6, 6.07) is 129. The Morgan fingerprint density at radius 3 is 1.06 bits per heavy atom. The molecule has 560 valence electrons. The summed E-state index contributed by atoms with van der Waals surface area (Å²) in [5.74, 6) is 0. The van der Waals surface area contributed by atoms with Gasteiger partial charge in [0.1, 0.15) is 55.8 Å². The molecule has 0 spiro atoms. The largest absolute Gasteiger partial charge is 0.456 e. The van der Waals surface area contributed by atoms with Crippen LogP contribution < -0.4 is 0 Å². The zero-order valence-corrected chi connectivity index (χ0v) is 67.2. The molecular weight excluding hydrogens is 1450 g/mol. The van der Waals surface area contributed by atoms with Crippen LogP contribution in [-0.4, -0.2) is 0 Å². The highest BCUT2D eigenvalue weighted by atomic mass is 32.1. The Hall–Kier alpha value is -13.8. The smallest absolute Gasteiger partial charge is 0.138 e. The number of furan rings is 5. The first-order chi connectivity index (χ1) is 56.9. The van der Waals surface area contributed by atoms with Crippen LogP contribution in [-0.2, 0) is 0 Å². The van der Waals surface area contributed by atoms with Crippen molar-refractivity contribution in [2.75, 3.05) is 0 Å². The minimum atomic E-state index is 0.946. The molecule has 0 N–H and O–H groups in total. The lowest BCUT2D eigenvalue weighted by Gasteiger charge is -2.05. The highest BCUT2D eigenvalue weighted by molar-refractivity contribution is 7.26. The lowest BCUT2D eigenvalue weighted by molar-refractivity contribution is 0.665. The van der Waals surface area contributed by atoms with Gasteiger partial charge in [0, 0.05) is 94.2 Å². The molecule has 116 heavy (non-hydrogen) atoms. The van der Waals surface area contributed by atoms with E-state index < -0.39 is 0 Å². The zero-order valence-electron chi connectivity index (χ0n) is 65.6. The summed E-state index contributed by atoms with van der Waals surface area (Å²) in [7, 11) is 0. The van der Waals surface area contributed by atoms with Crippen LogP contribution in [0.15, 0.2) is 392 Å². The van der Waals surface area contributed by atoms with Crippen LogP contribution in [0.2, 0.25) is 0 Å². The van der Waals surface area contributed by atoms with E-state index in [0.29, 0.717) is 0 Å². The molecule has 7 heterocycles. The molecule has 0 saturated carbocycles. The molecule has 7 aromatic heterocycles. The summed E-state index contributed by atoms with van der Waals surface area (Å²) in [5, 5.41) is 17.5. The molecular formula is C109H82O5S2. The van der Waals surface area contributed by atoms with Gasteiger partial charge >= 0.3 is 0 Å². The van der Waals surface area contributed by atoms with Gasteiger partial charge in [-0.05, 0) is 202 Å². The topological polar surface area (TPSA) is 65.7 Å². The quantitative estimate of drug-likeness (QED) is 0.176. The second-order valence-electron chi connectivity index (χ2n) is 29.8. The zero-order chi connectivity index (χ0) is 78.8. The number of rotatable bonds is 3. The van der Waals surface area contributed by atoms with Gasteiger partial charge in [-0.15, -0.1) is 22.7 Å². The van der Waals surface area contributed by atoms with Crippen LogP contribution in [0.1, 0.15) is 38.9 Å². The SMILES string of the molecule is Cc1ccc(-c2ccc3oc4ccccc4c3c2)cc1.Cc1ccc2oc3ccccc3c2c1.Cc1ccc2sc3ccccc3c2c1.Cc1cccc(-c2ccc3oc4ccccc4c3c2)c1.Cc1cccc2c1oc1ccccc12.Cc1cccc2c1sc1ccccc12.Cc1ccccc1-c1ccc2oc3ccccc3c2c1. The lowest BCUT2D eigenvalue weighted by Crippen LogP contribution is -1.81. The minimum Gasteiger partial charge on any atom is -0.456 e. The maximum absolute atomic E-state index is 5.87. The number of benzene rings is 17. The van der Waals surface area contributed by atoms with E-state index in [9.17, 15) is 0 Å². The second-order valence-corrected chi connectivity index (χ2v) is 31.9.